The van der Waals surface area contributed by atoms with E-state index in [1.165, 1.54) is 0 Å². The van der Waals surface area contributed by atoms with Gasteiger partial charge in [-0.25, -0.2) is 4.98 Å². The highest BCUT2D eigenvalue weighted by atomic mass is 16.1. The predicted molar refractivity (Wildman–Crippen MR) is 73.9 cm³/mol. The van der Waals surface area contributed by atoms with E-state index >= 15 is 0 Å². The minimum absolute atomic E-state index is 0.183. The van der Waals surface area contributed by atoms with Gasteiger partial charge in [0.2, 0.25) is 0 Å². The van der Waals surface area contributed by atoms with Crippen molar-refractivity contribution in [2.45, 2.75) is 0 Å². The van der Waals surface area contributed by atoms with E-state index in [9.17, 15) is 4.79 Å². The number of pyridine rings is 2. The van der Waals surface area contributed by atoms with Crippen LogP contribution in [0.3, 0.4) is 0 Å². The standard InChI is InChI=1S/C15H11N3O/c19-15(18-14-7-3-4-9-17-14)12-8-10-16-13-6-2-1-5-11(12)13/h1-10H,(H,17,18,19). The number of aromatic nitrogens is 2. The molecule has 0 aliphatic carbocycles. The summed E-state index contributed by atoms with van der Waals surface area (Å²) in [5.41, 5.74) is 1.40. The third-order valence-corrected chi connectivity index (χ3v) is 2.80. The SMILES string of the molecule is O=C(Nc1ccccn1)c1ccnc2ccccc12. The van der Waals surface area contributed by atoms with Gasteiger partial charge in [0.05, 0.1) is 11.1 Å². The number of nitrogens with one attached hydrogen (secondary N) is 1. The summed E-state index contributed by atoms with van der Waals surface area (Å²) in [6.07, 6.45) is 3.27. The first-order valence-electron chi connectivity index (χ1n) is 5.91. The van der Waals surface area contributed by atoms with E-state index in [0.29, 0.717) is 11.4 Å². The maximum Gasteiger partial charge on any atom is 0.257 e. The van der Waals surface area contributed by atoms with Crippen molar-refractivity contribution in [2.24, 2.45) is 0 Å². The van der Waals surface area contributed by atoms with Gasteiger partial charge in [-0.15, -0.1) is 0 Å². The molecule has 0 radical (unpaired) electrons. The molecular formula is C15H11N3O. The van der Waals surface area contributed by atoms with Crippen LogP contribution >= 0.6 is 0 Å². The largest absolute Gasteiger partial charge is 0.307 e. The lowest BCUT2D eigenvalue weighted by molar-refractivity contribution is 0.102. The van der Waals surface area contributed by atoms with Crippen LogP contribution < -0.4 is 5.32 Å². The smallest absolute Gasteiger partial charge is 0.257 e. The maximum atomic E-state index is 12.2. The molecule has 0 atom stereocenters. The Morgan fingerprint density at radius 1 is 0.895 bits per heavy atom. The van der Waals surface area contributed by atoms with Crippen LogP contribution in [0.2, 0.25) is 0 Å². The summed E-state index contributed by atoms with van der Waals surface area (Å²) >= 11 is 0. The van der Waals surface area contributed by atoms with Crippen LogP contribution in [0.5, 0.6) is 0 Å². The number of carbonyl (C=O) groups is 1. The number of nitrogens with zero attached hydrogens (tertiary/aromatic N) is 2. The topological polar surface area (TPSA) is 54.9 Å². The molecule has 4 heteroatoms. The van der Waals surface area contributed by atoms with Gasteiger partial charge >= 0.3 is 0 Å². The molecule has 0 aliphatic heterocycles. The van der Waals surface area contributed by atoms with Crippen molar-refractivity contribution in [3.63, 3.8) is 0 Å². The number of hydrogen-bond acceptors (Lipinski definition) is 3. The Bertz CT molecular complexity index is 720. The Labute approximate surface area is 110 Å². The minimum Gasteiger partial charge on any atom is -0.307 e. The van der Waals surface area contributed by atoms with Gasteiger partial charge in [0.25, 0.3) is 5.91 Å². The molecule has 1 N–H and O–H groups in total. The lowest BCUT2D eigenvalue weighted by atomic mass is 10.1. The van der Waals surface area contributed by atoms with Crippen LogP contribution in [0.25, 0.3) is 10.9 Å². The van der Waals surface area contributed by atoms with Gasteiger partial charge in [-0.2, -0.15) is 0 Å². The van der Waals surface area contributed by atoms with Crippen molar-refractivity contribution >= 4 is 22.6 Å². The number of fused-ring (bicyclic) bond motifs is 1. The third kappa shape index (κ3) is 2.28. The van der Waals surface area contributed by atoms with Crippen LogP contribution in [0, 0.1) is 0 Å². The first-order chi connectivity index (χ1) is 9.34. The summed E-state index contributed by atoms with van der Waals surface area (Å²) in [6.45, 7) is 0. The summed E-state index contributed by atoms with van der Waals surface area (Å²) in [6, 6.07) is 14.6. The van der Waals surface area contributed by atoms with E-state index in [1.54, 1.807) is 30.6 Å². The van der Waals surface area contributed by atoms with Crippen LogP contribution in [0.1, 0.15) is 10.4 Å². The first-order valence-corrected chi connectivity index (χ1v) is 5.91. The second-order valence-electron chi connectivity index (χ2n) is 4.04. The minimum atomic E-state index is -0.183. The van der Waals surface area contributed by atoms with E-state index in [0.717, 1.165) is 10.9 Å². The van der Waals surface area contributed by atoms with Gasteiger partial charge in [0.1, 0.15) is 5.82 Å². The highest BCUT2D eigenvalue weighted by Crippen LogP contribution is 2.17. The zero-order valence-electron chi connectivity index (χ0n) is 10.1. The fourth-order valence-electron chi connectivity index (χ4n) is 1.91. The van der Waals surface area contributed by atoms with E-state index in [2.05, 4.69) is 15.3 Å². The van der Waals surface area contributed by atoms with Crippen LogP contribution in [-0.4, -0.2) is 15.9 Å². The Morgan fingerprint density at radius 2 is 1.74 bits per heavy atom. The molecule has 1 amide bonds. The average Bonchev–Trinajstić information content (AvgIpc) is 2.47. The summed E-state index contributed by atoms with van der Waals surface area (Å²) < 4.78 is 0. The molecule has 2 aromatic heterocycles. The summed E-state index contributed by atoms with van der Waals surface area (Å²) in [7, 11) is 0. The fraction of sp³-hybridized carbons (Fsp3) is 0. The van der Waals surface area contributed by atoms with Crippen molar-refractivity contribution < 1.29 is 4.79 Å². The van der Waals surface area contributed by atoms with Crippen LogP contribution in [0.4, 0.5) is 5.82 Å². The normalized spacial score (nSPS) is 10.3. The molecule has 0 unspecified atom stereocenters. The number of amides is 1. The lowest BCUT2D eigenvalue weighted by Crippen LogP contribution is -2.13. The van der Waals surface area contributed by atoms with Gasteiger partial charge in [-0.1, -0.05) is 24.3 Å². The Morgan fingerprint density at radius 3 is 2.58 bits per heavy atom. The Kier molecular flexibility index (Phi) is 2.90. The van der Waals surface area contributed by atoms with E-state index in [4.69, 9.17) is 0 Å². The molecule has 1 aromatic carbocycles. The van der Waals surface area contributed by atoms with Crippen molar-refractivity contribution in [1.29, 1.82) is 0 Å². The molecule has 0 saturated carbocycles. The second kappa shape index (κ2) is 4.86. The van der Waals surface area contributed by atoms with E-state index in [1.807, 2.05) is 30.3 Å². The number of rotatable bonds is 2. The molecule has 3 rings (SSSR count). The molecule has 92 valence electrons. The summed E-state index contributed by atoms with van der Waals surface area (Å²) in [4.78, 5) is 20.6. The molecule has 0 spiro atoms. The second-order valence-corrected chi connectivity index (χ2v) is 4.04. The zero-order chi connectivity index (χ0) is 13.1. The van der Waals surface area contributed by atoms with Gasteiger partial charge in [0.15, 0.2) is 0 Å². The van der Waals surface area contributed by atoms with Gasteiger partial charge in [0, 0.05) is 17.8 Å². The lowest BCUT2D eigenvalue weighted by Gasteiger charge is -2.06. The molecule has 19 heavy (non-hydrogen) atoms. The van der Waals surface area contributed by atoms with Crippen molar-refractivity contribution in [1.82, 2.24) is 9.97 Å². The number of anilines is 1. The number of carbonyl (C=O) groups excluding carboxylic acids is 1. The molecule has 2 heterocycles. The molecular weight excluding hydrogens is 238 g/mol. The average molecular weight is 249 g/mol. The van der Waals surface area contributed by atoms with Crippen LogP contribution in [0.15, 0.2) is 60.9 Å². The van der Waals surface area contributed by atoms with E-state index in [-0.39, 0.29) is 5.91 Å². The van der Waals surface area contributed by atoms with Gasteiger partial charge in [-0.3, -0.25) is 9.78 Å². The zero-order valence-corrected chi connectivity index (χ0v) is 10.1. The Hall–Kier alpha value is -2.75. The molecule has 0 fully saturated rings. The van der Waals surface area contributed by atoms with Crippen molar-refractivity contribution in [3.05, 3.63) is 66.5 Å². The van der Waals surface area contributed by atoms with Gasteiger partial charge < -0.3 is 5.32 Å². The fourth-order valence-corrected chi connectivity index (χ4v) is 1.91. The predicted octanol–water partition coefficient (Wildman–Crippen LogP) is 2.88. The maximum absolute atomic E-state index is 12.2. The highest BCUT2D eigenvalue weighted by molar-refractivity contribution is 6.11. The number of benzene rings is 1. The molecule has 0 bridgehead atoms. The molecule has 4 nitrogen and oxygen atoms in total. The monoisotopic (exact) mass is 249 g/mol. The van der Waals surface area contributed by atoms with Crippen LogP contribution in [-0.2, 0) is 0 Å². The van der Waals surface area contributed by atoms with E-state index < -0.39 is 0 Å². The summed E-state index contributed by atoms with van der Waals surface area (Å²) in [5, 5.41) is 3.60. The first kappa shape index (κ1) is 11.3. The summed E-state index contributed by atoms with van der Waals surface area (Å²) in [5.74, 6) is 0.352. The quantitative estimate of drug-likeness (QED) is 0.759. The third-order valence-electron chi connectivity index (χ3n) is 2.80. The van der Waals surface area contributed by atoms with Crippen molar-refractivity contribution in [2.75, 3.05) is 5.32 Å². The van der Waals surface area contributed by atoms with Gasteiger partial charge in [-0.05, 0) is 24.3 Å². The van der Waals surface area contributed by atoms with Crippen molar-refractivity contribution in [3.8, 4) is 0 Å². The highest BCUT2D eigenvalue weighted by Gasteiger charge is 2.10. The molecule has 3 aromatic rings. The molecule has 0 saturated heterocycles. The number of para-hydroxylation sites is 1. The number of hydrogen-bond donors (Lipinski definition) is 1. The Balaban J connectivity index is 1.98. The molecule has 0 aliphatic rings.